The first-order valence-corrected chi connectivity index (χ1v) is 6.53. The summed E-state index contributed by atoms with van der Waals surface area (Å²) in [6, 6.07) is 4.27. The summed E-state index contributed by atoms with van der Waals surface area (Å²) in [5.41, 5.74) is 0.0579. The van der Waals surface area contributed by atoms with Crippen molar-refractivity contribution in [3.05, 3.63) is 63.3 Å². The van der Waals surface area contributed by atoms with Gasteiger partial charge in [-0.2, -0.15) is 0 Å². The summed E-state index contributed by atoms with van der Waals surface area (Å²) in [5, 5.41) is 0.217. The molecule has 0 aliphatic rings. The van der Waals surface area contributed by atoms with E-state index in [1.165, 1.54) is 6.92 Å². The molecule has 3 rings (SSSR count). The van der Waals surface area contributed by atoms with E-state index in [1.807, 2.05) is 0 Å². The Kier molecular flexibility index (Phi) is 3.24. The molecule has 0 aliphatic carbocycles. The van der Waals surface area contributed by atoms with Crippen LogP contribution in [0, 0.1) is 31.3 Å². The first kappa shape index (κ1) is 14.3. The number of H-pyrrole nitrogens is 1. The number of fused-ring (bicyclic) bond motifs is 1. The molecule has 0 aliphatic heterocycles. The Balaban J connectivity index is 2.43. The van der Waals surface area contributed by atoms with Crippen molar-refractivity contribution in [2.75, 3.05) is 0 Å². The largest absolute Gasteiger partial charge is 0.343 e. The van der Waals surface area contributed by atoms with E-state index >= 15 is 0 Å². The summed E-state index contributed by atoms with van der Waals surface area (Å²) in [7, 11) is 0. The Morgan fingerprint density at radius 3 is 2.27 bits per heavy atom. The highest BCUT2D eigenvalue weighted by molar-refractivity contribution is 5.82. The predicted molar refractivity (Wildman–Crippen MR) is 77.1 cm³/mol. The van der Waals surface area contributed by atoms with Gasteiger partial charge < -0.3 is 4.98 Å². The second-order valence-corrected chi connectivity index (χ2v) is 5.05. The van der Waals surface area contributed by atoms with Gasteiger partial charge in [0.05, 0.1) is 16.5 Å². The Hall–Kier alpha value is -2.63. The van der Waals surface area contributed by atoms with E-state index in [0.29, 0.717) is 23.5 Å². The van der Waals surface area contributed by atoms with Crippen LogP contribution in [0.2, 0.25) is 0 Å². The number of aromatic amines is 1. The second kappa shape index (κ2) is 4.98. The molecule has 0 radical (unpaired) electrons. The minimum absolute atomic E-state index is 0.159. The quantitative estimate of drug-likeness (QED) is 0.746. The van der Waals surface area contributed by atoms with Gasteiger partial charge in [0, 0.05) is 23.5 Å². The Morgan fingerprint density at radius 1 is 1.00 bits per heavy atom. The molecule has 1 N–H and O–H groups in total. The number of rotatable bonds is 1. The molecule has 0 bridgehead atoms. The number of hydrogen-bond acceptors (Lipinski definition) is 2. The van der Waals surface area contributed by atoms with Crippen LogP contribution in [0.25, 0.3) is 22.2 Å². The second-order valence-electron chi connectivity index (χ2n) is 5.05. The number of benzene rings is 1. The molecule has 0 saturated heterocycles. The van der Waals surface area contributed by atoms with Crippen LogP contribution < -0.4 is 5.43 Å². The lowest BCUT2D eigenvalue weighted by molar-refractivity contribution is 0.547. The summed E-state index contributed by atoms with van der Waals surface area (Å²) in [5.74, 6) is -3.28. The molecule has 6 heteroatoms. The fourth-order valence-corrected chi connectivity index (χ4v) is 2.46. The smallest absolute Gasteiger partial charge is 0.199 e. The summed E-state index contributed by atoms with van der Waals surface area (Å²) in [4.78, 5) is 19.6. The summed E-state index contributed by atoms with van der Waals surface area (Å²) in [6.07, 6.45) is 0. The van der Waals surface area contributed by atoms with E-state index in [1.54, 1.807) is 19.1 Å². The Morgan fingerprint density at radius 2 is 1.64 bits per heavy atom. The standard InChI is InChI=1S/C16H11F3N2O/c1-7-3-4-10-15(22)13(8(2)21-16(10)20-7)14-11(18)5-9(17)6-12(14)19/h3-6H,1-2H3,(H,20,21,22). The molecule has 112 valence electrons. The van der Waals surface area contributed by atoms with Gasteiger partial charge in [-0.05, 0) is 26.0 Å². The van der Waals surface area contributed by atoms with Crippen molar-refractivity contribution >= 4 is 11.0 Å². The molecule has 0 unspecified atom stereocenters. The molecule has 2 aromatic heterocycles. The maximum absolute atomic E-state index is 14.0. The van der Waals surface area contributed by atoms with Crippen LogP contribution in [0.3, 0.4) is 0 Å². The van der Waals surface area contributed by atoms with Crippen LogP contribution in [-0.2, 0) is 0 Å². The van der Waals surface area contributed by atoms with Crippen LogP contribution in [-0.4, -0.2) is 9.97 Å². The zero-order valence-electron chi connectivity index (χ0n) is 11.8. The zero-order chi connectivity index (χ0) is 16.0. The number of nitrogens with one attached hydrogen (secondary N) is 1. The van der Waals surface area contributed by atoms with Crippen molar-refractivity contribution in [1.29, 1.82) is 0 Å². The van der Waals surface area contributed by atoms with E-state index in [0.717, 1.165) is 0 Å². The van der Waals surface area contributed by atoms with Crippen LogP contribution in [0.15, 0.2) is 29.1 Å². The third-order valence-electron chi connectivity index (χ3n) is 3.44. The van der Waals surface area contributed by atoms with Crippen LogP contribution in [0.4, 0.5) is 13.2 Å². The fraction of sp³-hybridized carbons (Fsp3) is 0.125. The number of pyridine rings is 2. The molecule has 0 amide bonds. The van der Waals surface area contributed by atoms with Crippen molar-refractivity contribution < 1.29 is 13.2 Å². The highest BCUT2D eigenvalue weighted by atomic mass is 19.1. The van der Waals surface area contributed by atoms with Crippen molar-refractivity contribution in [2.24, 2.45) is 0 Å². The van der Waals surface area contributed by atoms with E-state index < -0.39 is 28.4 Å². The zero-order valence-corrected chi connectivity index (χ0v) is 11.8. The van der Waals surface area contributed by atoms with Crippen LogP contribution in [0.1, 0.15) is 11.4 Å². The minimum atomic E-state index is -1.12. The van der Waals surface area contributed by atoms with Gasteiger partial charge >= 0.3 is 0 Å². The van der Waals surface area contributed by atoms with Crippen molar-refractivity contribution in [2.45, 2.75) is 13.8 Å². The average molecular weight is 304 g/mol. The Labute approximate surface area is 123 Å². The van der Waals surface area contributed by atoms with Crippen molar-refractivity contribution in [3.63, 3.8) is 0 Å². The van der Waals surface area contributed by atoms with Gasteiger partial charge in [0.1, 0.15) is 23.1 Å². The number of nitrogens with zero attached hydrogens (tertiary/aromatic N) is 1. The number of aromatic nitrogens is 2. The van der Waals surface area contributed by atoms with Gasteiger partial charge in [-0.3, -0.25) is 4.79 Å². The first-order chi connectivity index (χ1) is 10.4. The highest BCUT2D eigenvalue weighted by Crippen LogP contribution is 2.27. The number of aryl methyl sites for hydroxylation is 2. The summed E-state index contributed by atoms with van der Waals surface area (Å²) < 4.78 is 41.0. The lowest BCUT2D eigenvalue weighted by Gasteiger charge is -2.10. The molecule has 2 heterocycles. The van der Waals surface area contributed by atoms with E-state index in [9.17, 15) is 18.0 Å². The average Bonchev–Trinajstić information content (AvgIpc) is 2.40. The van der Waals surface area contributed by atoms with Crippen LogP contribution in [0.5, 0.6) is 0 Å². The number of hydrogen-bond donors (Lipinski definition) is 1. The van der Waals surface area contributed by atoms with E-state index in [-0.39, 0.29) is 16.6 Å². The van der Waals surface area contributed by atoms with E-state index in [4.69, 9.17) is 0 Å². The molecular weight excluding hydrogens is 293 g/mol. The molecule has 0 saturated carbocycles. The number of halogens is 3. The van der Waals surface area contributed by atoms with Gasteiger partial charge in [0.2, 0.25) is 0 Å². The molecule has 3 aromatic rings. The van der Waals surface area contributed by atoms with Gasteiger partial charge in [-0.15, -0.1) is 0 Å². The van der Waals surface area contributed by atoms with Gasteiger partial charge in [-0.1, -0.05) is 0 Å². The molecular formula is C16H11F3N2O. The maximum atomic E-state index is 14.0. The molecule has 0 spiro atoms. The van der Waals surface area contributed by atoms with Gasteiger partial charge in [-0.25, -0.2) is 18.2 Å². The predicted octanol–water partition coefficient (Wildman–Crippen LogP) is 3.62. The lowest BCUT2D eigenvalue weighted by atomic mass is 10.0. The summed E-state index contributed by atoms with van der Waals surface area (Å²) in [6.45, 7) is 3.28. The topological polar surface area (TPSA) is 45.8 Å². The highest BCUT2D eigenvalue weighted by Gasteiger charge is 2.20. The van der Waals surface area contributed by atoms with Crippen LogP contribution >= 0.6 is 0 Å². The maximum Gasteiger partial charge on any atom is 0.199 e. The minimum Gasteiger partial charge on any atom is -0.343 e. The van der Waals surface area contributed by atoms with Crippen molar-refractivity contribution in [1.82, 2.24) is 9.97 Å². The molecule has 1 aromatic carbocycles. The molecule has 0 fully saturated rings. The first-order valence-electron chi connectivity index (χ1n) is 6.53. The lowest BCUT2D eigenvalue weighted by Crippen LogP contribution is -2.12. The normalized spacial score (nSPS) is 11.1. The van der Waals surface area contributed by atoms with Gasteiger partial charge in [0.25, 0.3) is 0 Å². The molecule has 3 nitrogen and oxygen atoms in total. The Bertz CT molecular complexity index is 940. The van der Waals surface area contributed by atoms with E-state index in [2.05, 4.69) is 9.97 Å². The third-order valence-corrected chi connectivity index (χ3v) is 3.44. The SMILES string of the molecule is Cc1ccc2c(=O)c(-c3c(F)cc(F)cc3F)c(C)[nH]c2n1. The van der Waals surface area contributed by atoms with Gasteiger partial charge in [0.15, 0.2) is 5.43 Å². The third kappa shape index (κ3) is 2.16. The van der Waals surface area contributed by atoms with Crippen molar-refractivity contribution in [3.8, 4) is 11.1 Å². The molecule has 0 atom stereocenters. The molecule has 22 heavy (non-hydrogen) atoms. The summed E-state index contributed by atoms with van der Waals surface area (Å²) >= 11 is 0. The monoisotopic (exact) mass is 304 g/mol. The fourth-order valence-electron chi connectivity index (χ4n) is 2.46.